The van der Waals surface area contributed by atoms with Gasteiger partial charge in [-0.15, -0.1) is 0 Å². The number of ketones is 1. The normalized spacial score (nSPS) is 15.8. The summed E-state index contributed by atoms with van der Waals surface area (Å²) in [5, 5.41) is 0.764. The molecule has 0 atom stereocenters. The lowest BCUT2D eigenvalue weighted by Crippen LogP contribution is -2.48. The van der Waals surface area contributed by atoms with Crippen molar-refractivity contribution in [3.05, 3.63) is 52.3 Å². The quantitative estimate of drug-likeness (QED) is 0.796. The third kappa shape index (κ3) is 3.50. The van der Waals surface area contributed by atoms with Crippen LogP contribution >= 0.6 is 11.6 Å². The predicted octanol–water partition coefficient (Wildman–Crippen LogP) is 3.30. The van der Waals surface area contributed by atoms with Gasteiger partial charge in [-0.2, -0.15) is 0 Å². The zero-order valence-corrected chi connectivity index (χ0v) is 15.3. The number of Topliss-reactive ketones (excluding diaryl/α,β-unsaturated/α-hetero) is 1. The van der Waals surface area contributed by atoms with Crippen molar-refractivity contribution < 1.29 is 4.79 Å². The third-order valence-corrected chi connectivity index (χ3v) is 5.22. The Balaban J connectivity index is 1.59. The maximum Gasteiger partial charge on any atom is 0.178 e. The van der Waals surface area contributed by atoms with Crippen molar-refractivity contribution in [2.75, 3.05) is 37.6 Å². The van der Waals surface area contributed by atoms with Crippen LogP contribution in [0.25, 0.3) is 0 Å². The molecule has 3 rings (SSSR count). The largest absolute Gasteiger partial charge is 0.369 e. The summed E-state index contributed by atoms with van der Waals surface area (Å²) in [7, 11) is 2.01. The summed E-state index contributed by atoms with van der Waals surface area (Å²) in [5.74, 6) is 0.215. The maximum absolute atomic E-state index is 12.6. The molecule has 1 aromatic heterocycles. The molecule has 1 aromatic carbocycles. The number of hydrogen-bond acceptors (Lipinski definition) is 3. The molecule has 4 nitrogen and oxygen atoms in total. The van der Waals surface area contributed by atoms with E-state index in [9.17, 15) is 4.79 Å². The highest BCUT2D eigenvalue weighted by molar-refractivity contribution is 6.30. The number of rotatable bonds is 4. The molecule has 24 heavy (non-hydrogen) atoms. The van der Waals surface area contributed by atoms with Crippen LogP contribution in [0.5, 0.6) is 0 Å². The van der Waals surface area contributed by atoms with Gasteiger partial charge in [0.05, 0.1) is 6.54 Å². The van der Waals surface area contributed by atoms with Crippen LogP contribution in [0.2, 0.25) is 5.02 Å². The van der Waals surface area contributed by atoms with Crippen LogP contribution in [0.1, 0.15) is 21.7 Å². The van der Waals surface area contributed by atoms with Crippen molar-refractivity contribution in [2.24, 2.45) is 7.05 Å². The fraction of sp³-hybridized carbons (Fsp3) is 0.421. The summed E-state index contributed by atoms with van der Waals surface area (Å²) in [5.41, 5.74) is 4.19. The lowest BCUT2D eigenvalue weighted by molar-refractivity contribution is 0.0925. The number of nitrogens with zero attached hydrogens (tertiary/aromatic N) is 3. The molecule has 2 heterocycles. The molecule has 0 N–H and O–H groups in total. The monoisotopic (exact) mass is 345 g/mol. The molecule has 2 aromatic rings. The number of aryl methyl sites for hydroxylation is 1. The number of hydrogen-bond donors (Lipinski definition) is 0. The molecule has 0 spiro atoms. The van der Waals surface area contributed by atoms with Crippen molar-refractivity contribution in [1.29, 1.82) is 0 Å². The first-order valence-corrected chi connectivity index (χ1v) is 8.72. The van der Waals surface area contributed by atoms with Crippen molar-refractivity contribution in [2.45, 2.75) is 13.8 Å². The van der Waals surface area contributed by atoms with Crippen LogP contribution in [0.4, 0.5) is 5.69 Å². The van der Waals surface area contributed by atoms with Gasteiger partial charge in [-0.1, -0.05) is 17.7 Å². The lowest BCUT2D eigenvalue weighted by Gasteiger charge is -2.35. The van der Waals surface area contributed by atoms with E-state index >= 15 is 0 Å². The second-order valence-corrected chi connectivity index (χ2v) is 6.95. The van der Waals surface area contributed by atoms with Crippen molar-refractivity contribution in [3.63, 3.8) is 0 Å². The average molecular weight is 346 g/mol. The molecule has 0 bridgehead atoms. The second-order valence-electron chi connectivity index (χ2n) is 6.51. The Morgan fingerprint density at radius 2 is 1.83 bits per heavy atom. The highest BCUT2D eigenvalue weighted by atomic mass is 35.5. The summed E-state index contributed by atoms with van der Waals surface area (Å²) >= 11 is 6.08. The minimum Gasteiger partial charge on any atom is -0.369 e. The minimum atomic E-state index is 0.215. The summed E-state index contributed by atoms with van der Waals surface area (Å²) in [6.07, 6.45) is 0. The van der Waals surface area contributed by atoms with Gasteiger partial charge in [-0.05, 0) is 38.1 Å². The van der Waals surface area contributed by atoms with Crippen LogP contribution in [0.3, 0.4) is 0 Å². The molecular formula is C19H24ClN3O. The van der Waals surface area contributed by atoms with Gasteiger partial charge in [0, 0.05) is 60.9 Å². The van der Waals surface area contributed by atoms with Gasteiger partial charge in [-0.25, -0.2) is 0 Å². The first-order valence-electron chi connectivity index (χ1n) is 8.34. The van der Waals surface area contributed by atoms with E-state index in [1.54, 1.807) is 0 Å². The first kappa shape index (κ1) is 17.1. The van der Waals surface area contributed by atoms with E-state index in [1.807, 2.05) is 45.2 Å². The molecule has 1 aliphatic rings. The van der Waals surface area contributed by atoms with Gasteiger partial charge in [0.15, 0.2) is 5.78 Å². The molecule has 0 radical (unpaired) electrons. The van der Waals surface area contributed by atoms with Crippen LogP contribution in [-0.4, -0.2) is 48.0 Å². The lowest BCUT2D eigenvalue weighted by atomic mass is 10.1. The highest BCUT2D eigenvalue weighted by Crippen LogP contribution is 2.21. The van der Waals surface area contributed by atoms with E-state index in [0.717, 1.165) is 53.8 Å². The maximum atomic E-state index is 12.6. The van der Waals surface area contributed by atoms with Gasteiger partial charge >= 0.3 is 0 Å². The number of carbonyl (C=O) groups is 1. The average Bonchev–Trinajstić information content (AvgIpc) is 2.83. The van der Waals surface area contributed by atoms with Crippen LogP contribution in [-0.2, 0) is 7.05 Å². The summed E-state index contributed by atoms with van der Waals surface area (Å²) in [4.78, 5) is 17.2. The minimum absolute atomic E-state index is 0.215. The Hall–Kier alpha value is -1.78. The van der Waals surface area contributed by atoms with Crippen LogP contribution < -0.4 is 4.90 Å². The first-order chi connectivity index (χ1) is 11.5. The molecule has 0 aliphatic carbocycles. The Kier molecular flexibility index (Phi) is 4.97. The summed E-state index contributed by atoms with van der Waals surface area (Å²) < 4.78 is 2.07. The van der Waals surface area contributed by atoms with E-state index in [2.05, 4.69) is 20.4 Å². The van der Waals surface area contributed by atoms with Gasteiger partial charge < -0.3 is 9.47 Å². The van der Waals surface area contributed by atoms with Gasteiger partial charge in [0.1, 0.15) is 0 Å². The fourth-order valence-electron chi connectivity index (χ4n) is 3.26. The zero-order valence-electron chi connectivity index (χ0n) is 14.6. The Morgan fingerprint density at radius 1 is 1.12 bits per heavy atom. The predicted molar refractivity (Wildman–Crippen MR) is 99.3 cm³/mol. The number of benzene rings is 1. The molecule has 1 fully saturated rings. The summed E-state index contributed by atoms with van der Waals surface area (Å²) in [6, 6.07) is 9.96. The van der Waals surface area contributed by atoms with E-state index in [0.29, 0.717) is 6.54 Å². The Bertz CT molecular complexity index is 745. The number of anilines is 1. The number of halogens is 1. The van der Waals surface area contributed by atoms with Crippen LogP contribution in [0, 0.1) is 13.8 Å². The van der Waals surface area contributed by atoms with Gasteiger partial charge in [-0.3, -0.25) is 9.69 Å². The molecular weight excluding hydrogens is 322 g/mol. The van der Waals surface area contributed by atoms with E-state index in [4.69, 9.17) is 11.6 Å². The third-order valence-electron chi connectivity index (χ3n) is 4.99. The number of carbonyl (C=O) groups excluding carboxylic acids is 1. The van der Waals surface area contributed by atoms with Crippen LogP contribution in [0.15, 0.2) is 30.3 Å². The summed E-state index contributed by atoms with van der Waals surface area (Å²) in [6.45, 7) is 8.16. The Labute approximate surface area is 148 Å². The van der Waals surface area contributed by atoms with Crippen molar-refractivity contribution in [1.82, 2.24) is 9.47 Å². The SMILES string of the molecule is Cc1cc(C(=O)CN2CCN(c3cccc(Cl)c3)CC2)c(C)n1C. The van der Waals surface area contributed by atoms with Crippen molar-refractivity contribution in [3.8, 4) is 0 Å². The molecule has 1 saturated heterocycles. The highest BCUT2D eigenvalue weighted by Gasteiger charge is 2.21. The van der Waals surface area contributed by atoms with Gasteiger partial charge in [0.25, 0.3) is 0 Å². The van der Waals surface area contributed by atoms with Crippen molar-refractivity contribution >= 4 is 23.1 Å². The molecule has 0 unspecified atom stereocenters. The molecule has 5 heteroatoms. The second kappa shape index (κ2) is 6.99. The number of aromatic nitrogens is 1. The molecule has 0 saturated carbocycles. The van der Waals surface area contributed by atoms with Gasteiger partial charge in [0.2, 0.25) is 0 Å². The smallest absolute Gasteiger partial charge is 0.178 e. The molecule has 0 amide bonds. The molecule has 128 valence electrons. The number of piperazine rings is 1. The van der Waals surface area contributed by atoms with E-state index in [-0.39, 0.29) is 5.78 Å². The fourth-order valence-corrected chi connectivity index (χ4v) is 3.45. The van der Waals surface area contributed by atoms with E-state index < -0.39 is 0 Å². The zero-order chi connectivity index (χ0) is 17.3. The van der Waals surface area contributed by atoms with E-state index in [1.165, 1.54) is 0 Å². The standard InChI is InChI=1S/C19H24ClN3O/c1-14-11-18(15(2)21(14)3)19(24)13-22-7-9-23(10-8-22)17-6-4-5-16(20)12-17/h4-6,11-12H,7-10,13H2,1-3H3. The molecule has 1 aliphatic heterocycles. The topological polar surface area (TPSA) is 28.5 Å². The Morgan fingerprint density at radius 3 is 2.42 bits per heavy atom.